The fourth-order valence-corrected chi connectivity index (χ4v) is 3.88. The van der Waals surface area contributed by atoms with E-state index in [4.69, 9.17) is 4.74 Å². The van der Waals surface area contributed by atoms with Crippen LogP contribution in [0.2, 0.25) is 0 Å². The Balaban J connectivity index is 1.94. The number of hydrogen-bond donors (Lipinski definition) is 2. The lowest BCUT2D eigenvalue weighted by Gasteiger charge is -2.54. The molecule has 1 aliphatic rings. The molecular weight excluding hydrogens is 324 g/mol. The van der Waals surface area contributed by atoms with Crippen molar-refractivity contribution in [3.05, 3.63) is 34.4 Å². The quantitative estimate of drug-likeness (QED) is 0.603. The van der Waals surface area contributed by atoms with Gasteiger partial charge in [0.05, 0.1) is 11.0 Å². The van der Waals surface area contributed by atoms with Crippen molar-refractivity contribution in [1.82, 2.24) is 4.90 Å². The van der Waals surface area contributed by atoms with Gasteiger partial charge >= 0.3 is 0 Å². The van der Waals surface area contributed by atoms with Crippen LogP contribution < -0.4 is 4.74 Å². The number of hydrogen-bond acceptors (Lipinski definition) is 6. The number of likely N-dealkylation sites (tertiary alicyclic amines) is 1. The number of benzene rings is 1. The molecule has 25 heavy (non-hydrogen) atoms. The molecule has 1 aliphatic heterocycles. The minimum atomic E-state index is -0.705. The van der Waals surface area contributed by atoms with Crippen LogP contribution in [0.5, 0.6) is 5.75 Å². The first-order valence-corrected chi connectivity index (χ1v) is 8.52. The van der Waals surface area contributed by atoms with Crippen LogP contribution in [0.1, 0.15) is 40.5 Å². The normalized spacial score (nSPS) is 21.7. The van der Waals surface area contributed by atoms with Crippen LogP contribution in [0.15, 0.2) is 24.3 Å². The summed E-state index contributed by atoms with van der Waals surface area (Å²) in [5.74, 6) is 0.484. The molecule has 0 unspecified atom stereocenters. The minimum Gasteiger partial charge on any atom is -0.491 e. The van der Waals surface area contributed by atoms with E-state index >= 15 is 0 Å². The zero-order chi connectivity index (χ0) is 18.8. The SMILES string of the molecule is CC1(C)CC(O)CC(C)(C)N1C[C@H](O)COc1ccc([N+](=O)[O-])cc1. The van der Waals surface area contributed by atoms with Crippen LogP contribution in [0, 0.1) is 10.1 Å². The van der Waals surface area contributed by atoms with E-state index in [9.17, 15) is 20.3 Å². The van der Waals surface area contributed by atoms with Crippen molar-refractivity contribution in [1.29, 1.82) is 0 Å². The van der Waals surface area contributed by atoms with Gasteiger partial charge in [0.1, 0.15) is 18.5 Å². The van der Waals surface area contributed by atoms with Gasteiger partial charge in [0.25, 0.3) is 5.69 Å². The molecule has 2 rings (SSSR count). The van der Waals surface area contributed by atoms with E-state index in [0.717, 1.165) is 0 Å². The highest BCUT2D eigenvalue weighted by Crippen LogP contribution is 2.38. The maximum Gasteiger partial charge on any atom is 0.269 e. The molecule has 7 nitrogen and oxygen atoms in total. The van der Waals surface area contributed by atoms with Gasteiger partial charge in [0.15, 0.2) is 0 Å². The smallest absolute Gasteiger partial charge is 0.269 e. The lowest BCUT2D eigenvalue weighted by molar-refractivity contribution is -0.384. The van der Waals surface area contributed by atoms with Crippen LogP contribution >= 0.6 is 0 Å². The largest absolute Gasteiger partial charge is 0.491 e. The Bertz CT molecular complexity index is 582. The molecule has 1 fully saturated rings. The number of nitro groups is 1. The molecule has 0 spiro atoms. The Morgan fingerprint density at radius 2 is 1.76 bits per heavy atom. The van der Waals surface area contributed by atoms with Crippen molar-refractivity contribution in [3.63, 3.8) is 0 Å². The average Bonchev–Trinajstić information content (AvgIpc) is 2.48. The third kappa shape index (κ3) is 4.90. The summed E-state index contributed by atoms with van der Waals surface area (Å²) >= 11 is 0. The molecule has 1 saturated heterocycles. The summed E-state index contributed by atoms with van der Waals surface area (Å²) in [6, 6.07) is 5.80. The second-order valence-electron chi connectivity index (χ2n) is 8.01. The van der Waals surface area contributed by atoms with E-state index in [1.807, 2.05) is 0 Å². The molecule has 0 aromatic heterocycles. The molecule has 0 bridgehead atoms. The monoisotopic (exact) mass is 352 g/mol. The zero-order valence-corrected chi connectivity index (χ0v) is 15.3. The van der Waals surface area contributed by atoms with Crippen molar-refractivity contribution in [2.24, 2.45) is 0 Å². The highest BCUT2D eigenvalue weighted by atomic mass is 16.6. The van der Waals surface area contributed by atoms with Gasteiger partial charge in [-0.1, -0.05) is 0 Å². The van der Waals surface area contributed by atoms with Gasteiger partial charge in [-0.3, -0.25) is 15.0 Å². The molecule has 1 atom stereocenters. The molecule has 1 aromatic rings. The molecule has 0 saturated carbocycles. The third-order valence-electron chi connectivity index (χ3n) is 4.81. The highest BCUT2D eigenvalue weighted by Gasteiger charge is 2.45. The predicted octanol–water partition coefficient (Wildman–Crippen LogP) is 2.35. The van der Waals surface area contributed by atoms with E-state index in [2.05, 4.69) is 32.6 Å². The Morgan fingerprint density at radius 1 is 1.24 bits per heavy atom. The van der Waals surface area contributed by atoms with Crippen LogP contribution in [0.3, 0.4) is 0 Å². The van der Waals surface area contributed by atoms with Crippen molar-refractivity contribution in [2.45, 2.75) is 63.8 Å². The fourth-order valence-electron chi connectivity index (χ4n) is 3.88. The molecule has 140 valence electrons. The van der Waals surface area contributed by atoms with E-state index < -0.39 is 11.0 Å². The topological polar surface area (TPSA) is 96.1 Å². The number of rotatable bonds is 6. The highest BCUT2D eigenvalue weighted by molar-refractivity contribution is 5.35. The Hall–Kier alpha value is -1.70. The first-order chi connectivity index (χ1) is 11.5. The van der Waals surface area contributed by atoms with Crippen molar-refractivity contribution in [3.8, 4) is 5.75 Å². The summed E-state index contributed by atoms with van der Waals surface area (Å²) < 4.78 is 5.55. The third-order valence-corrected chi connectivity index (χ3v) is 4.81. The van der Waals surface area contributed by atoms with Crippen molar-refractivity contribution in [2.75, 3.05) is 13.2 Å². The number of nitrogens with zero attached hydrogens (tertiary/aromatic N) is 2. The van der Waals surface area contributed by atoms with Crippen LogP contribution in [-0.4, -0.2) is 56.5 Å². The van der Waals surface area contributed by atoms with Gasteiger partial charge in [-0.05, 0) is 52.7 Å². The lowest BCUT2D eigenvalue weighted by Crippen LogP contribution is -2.63. The second kappa shape index (κ2) is 7.27. The second-order valence-corrected chi connectivity index (χ2v) is 8.01. The van der Waals surface area contributed by atoms with Crippen LogP contribution in [-0.2, 0) is 0 Å². The first kappa shape index (κ1) is 19.6. The number of piperidine rings is 1. The average molecular weight is 352 g/mol. The Morgan fingerprint density at radius 3 is 2.24 bits per heavy atom. The number of ether oxygens (including phenoxy) is 1. The summed E-state index contributed by atoms with van der Waals surface area (Å²) in [5.41, 5.74) is -0.450. The summed E-state index contributed by atoms with van der Waals surface area (Å²) in [4.78, 5) is 12.4. The molecule has 0 amide bonds. The lowest BCUT2D eigenvalue weighted by atomic mass is 9.78. The maximum absolute atomic E-state index is 10.6. The fraction of sp³-hybridized carbons (Fsp3) is 0.667. The summed E-state index contributed by atoms with van der Waals surface area (Å²) in [5, 5.41) is 31.1. The molecule has 2 N–H and O–H groups in total. The standard InChI is InChI=1S/C18H28N2O5/c1-17(2)9-14(21)10-18(3,4)19(17)11-15(22)12-25-16-7-5-13(6-8-16)20(23)24/h5-8,14-15,21-22H,9-12H2,1-4H3/t15-/m0/s1. The minimum absolute atomic E-state index is 0.00303. The van der Waals surface area contributed by atoms with E-state index in [1.54, 1.807) is 0 Å². The van der Waals surface area contributed by atoms with Gasteiger partial charge < -0.3 is 14.9 Å². The number of β-amino-alcohol motifs (C(OH)–C–C–N with tert-alkyl or cyclic N) is 1. The predicted molar refractivity (Wildman–Crippen MR) is 94.7 cm³/mol. The van der Waals surface area contributed by atoms with E-state index in [0.29, 0.717) is 25.1 Å². The maximum atomic E-state index is 10.6. The number of nitro benzene ring substituents is 1. The molecule has 0 radical (unpaired) electrons. The van der Waals surface area contributed by atoms with Crippen molar-refractivity contribution >= 4 is 5.69 Å². The number of aliphatic hydroxyl groups excluding tert-OH is 2. The van der Waals surface area contributed by atoms with Crippen LogP contribution in [0.25, 0.3) is 0 Å². The van der Waals surface area contributed by atoms with Gasteiger partial charge in [0, 0.05) is 29.8 Å². The Kier molecular flexibility index (Phi) is 5.71. The Labute approximate surface area is 148 Å². The first-order valence-electron chi connectivity index (χ1n) is 8.52. The van der Waals surface area contributed by atoms with Gasteiger partial charge in [-0.2, -0.15) is 0 Å². The molecule has 1 heterocycles. The molecule has 0 aliphatic carbocycles. The number of aliphatic hydroxyl groups is 2. The number of non-ortho nitro benzene ring substituents is 1. The van der Waals surface area contributed by atoms with E-state index in [-0.39, 0.29) is 29.5 Å². The molecule has 7 heteroatoms. The summed E-state index contributed by atoms with van der Waals surface area (Å²) in [6.07, 6.45) is 0.275. The molecule has 1 aromatic carbocycles. The molecular formula is C18H28N2O5. The van der Waals surface area contributed by atoms with Gasteiger partial charge in [0.2, 0.25) is 0 Å². The summed E-state index contributed by atoms with van der Waals surface area (Å²) in [7, 11) is 0. The van der Waals surface area contributed by atoms with Gasteiger partial charge in [-0.15, -0.1) is 0 Å². The van der Waals surface area contributed by atoms with E-state index in [1.165, 1.54) is 24.3 Å². The van der Waals surface area contributed by atoms with Crippen LogP contribution in [0.4, 0.5) is 5.69 Å². The van der Waals surface area contributed by atoms with Crippen molar-refractivity contribution < 1.29 is 19.9 Å². The summed E-state index contributed by atoms with van der Waals surface area (Å²) in [6.45, 7) is 8.81. The van der Waals surface area contributed by atoms with Gasteiger partial charge in [-0.25, -0.2) is 0 Å². The zero-order valence-electron chi connectivity index (χ0n) is 15.3.